The van der Waals surface area contributed by atoms with Crippen molar-refractivity contribution < 1.29 is 18.7 Å². The van der Waals surface area contributed by atoms with Crippen LogP contribution in [0.1, 0.15) is 40.5 Å². The Morgan fingerprint density at radius 2 is 1.90 bits per heavy atom. The van der Waals surface area contributed by atoms with Gasteiger partial charge in [-0.25, -0.2) is 9.37 Å². The van der Waals surface area contributed by atoms with E-state index in [2.05, 4.69) is 53.6 Å². The molecule has 2 aromatic carbocycles. The highest BCUT2D eigenvalue weighted by atomic mass is 19.1. The van der Waals surface area contributed by atoms with Crippen LogP contribution in [-0.2, 0) is 9.53 Å². The number of hydrogen-bond acceptors (Lipinski definition) is 8. The number of carbonyl (C=O) groups is 1. The Kier molecular flexibility index (Phi) is 7.65. The third-order valence-corrected chi connectivity index (χ3v) is 7.18. The number of hydrogen-bond donors (Lipinski definition) is 3. The summed E-state index contributed by atoms with van der Waals surface area (Å²) in [6.45, 7) is 9.49. The summed E-state index contributed by atoms with van der Waals surface area (Å²) in [4.78, 5) is 22.8. The van der Waals surface area contributed by atoms with Crippen LogP contribution in [0.4, 0.5) is 27.5 Å². The maximum Gasteiger partial charge on any atom is 0.265 e. The van der Waals surface area contributed by atoms with Gasteiger partial charge < -0.3 is 30.3 Å². The van der Waals surface area contributed by atoms with Crippen LogP contribution < -0.4 is 25.6 Å². The Labute approximate surface area is 234 Å². The van der Waals surface area contributed by atoms with Crippen molar-refractivity contribution in [2.45, 2.75) is 57.7 Å². The van der Waals surface area contributed by atoms with Crippen molar-refractivity contribution in [2.24, 2.45) is 0 Å². The fraction of sp³-hybridized carbons (Fsp3) is 0.433. The fourth-order valence-electron chi connectivity index (χ4n) is 5.91. The maximum atomic E-state index is 14.8. The summed E-state index contributed by atoms with van der Waals surface area (Å²) in [5.41, 5.74) is 3.07. The maximum absolute atomic E-state index is 14.8. The Bertz CT molecular complexity index is 1380. The van der Waals surface area contributed by atoms with Gasteiger partial charge in [0.2, 0.25) is 5.95 Å². The SMILES string of the molecule is COCCN1C(=O)COc2cc(-c3ccccc3Nc3ncc(F)c(NC4CC(C)(C)NC(C)(C)C4)n3)ccc21. The first-order chi connectivity index (χ1) is 19.0. The predicted octanol–water partition coefficient (Wildman–Crippen LogP) is 5.12. The van der Waals surface area contributed by atoms with Crippen molar-refractivity contribution in [3.63, 3.8) is 0 Å². The molecular weight excluding hydrogens is 511 g/mol. The summed E-state index contributed by atoms with van der Waals surface area (Å²) in [7, 11) is 1.61. The lowest BCUT2D eigenvalue weighted by Crippen LogP contribution is -2.60. The molecule has 3 N–H and O–H groups in total. The molecule has 10 heteroatoms. The average Bonchev–Trinajstić information content (AvgIpc) is 2.88. The zero-order chi connectivity index (χ0) is 28.5. The van der Waals surface area contributed by atoms with E-state index >= 15 is 0 Å². The second-order valence-electron chi connectivity index (χ2n) is 11.7. The monoisotopic (exact) mass is 548 g/mol. The van der Waals surface area contributed by atoms with Gasteiger partial charge in [-0.1, -0.05) is 24.3 Å². The van der Waals surface area contributed by atoms with Gasteiger partial charge in [-0.2, -0.15) is 4.98 Å². The molecule has 0 spiro atoms. The number of halogens is 1. The van der Waals surface area contributed by atoms with Crippen LogP contribution in [0.15, 0.2) is 48.7 Å². The normalized spacial score (nSPS) is 18.1. The molecule has 3 heterocycles. The minimum absolute atomic E-state index is 0.0231. The third-order valence-electron chi connectivity index (χ3n) is 7.18. The lowest BCUT2D eigenvalue weighted by molar-refractivity contribution is -0.121. The first kappa shape index (κ1) is 27.8. The van der Waals surface area contributed by atoms with Gasteiger partial charge in [0.15, 0.2) is 18.2 Å². The highest BCUT2D eigenvalue weighted by molar-refractivity contribution is 5.98. The Morgan fingerprint density at radius 3 is 2.65 bits per heavy atom. The number of piperidine rings is 1. The molecule has 2 aliphatic heterocycles. The standard InChI is InChI=1S/C30H37FN6O3/c1-29(2)15-20(16-30(3,4)36-29)33-27-22(31)17-32-28(35-27)34-23-9-7-6-8-21(23)19-10-11-24-25(14-19)40-18-26(38)37(24)12-13-39-5/h6-11,14,17,20,36H,12-13,15-16,18H2,1-5H3,(H2,32,33,34,35). The number of fused-ring (bicyclic) bond motifs is 1. The molecule has 2 aliphatic rings. The van der Waals surface area contributed by atoms with Crippen molar-refractivity contribution in [2.75, 3.05) is 42.4 Å². The molecule has 3 aromatic rings. The highest BCUT2D eigenvalue weighted by Crippen LogP contribution is 2.38. The Morgan fingerprint density at radius 1 is 1.15 bits per heavy atom. The summed E-state index contributed by atoms with van der Waals surface area (Å²) in [6.07, 6.45) is 2.86. The van der Waals surface area contributed by atoms with Crippen molar-refractivity contribution in [3.8, 4) is 16.9 Å². The second-order valence-corrected chi connectivity index (χ2v) is 11.7. The zero-order valence-corrected chi connectivity index (χ0v) is 23.7. The van der Waals surface area contributed by atoms with E-state index in [4.69, 9.17) is 9.47 Å². The molecule has 1 amide bonds. The number of nitrogens with zero attached hydrogens (tertiary/aromatic N) is 3. The van der Waals surface area contributed by atoms with Gasteiger partial charge in [0, 0.05) is 42.0 Å². The number of aromatic nitrogens is 2. The summed E-state index contributed by atoms with van der Waals surface area (Å²) in [6, 6.07) is 13.5. The number of ether oxygens (including phenoxy) is 2. The topological polar surface area (TPSA) is 101 Å². The number of amides is 1. The molecular formula is C30H37FN6O3. The lowest BCUT2D eigenvalue weighted by atomic mass is 9.79. The quantitative estimate of drug-likeness (QED) is 0.357. The Balaban J connectivity index is 1.38. The number of rotatable bonds is 8. The summed E-state index contributed by atoms with van der Waals surface area (Å²) >= 11 is 0. The molecule has 5 rings (SSSR count). The molecule has 0 atom stereocenters. The Hall–Kier alpha value is -3.76. The summed E-state index contributed by atoms with van der Waals surface area (Å²) < 4.78 is 25.7. The van der Waals surface area contributed by atoms with E-state index < -0.39 is 5.82 Å². The molecule has 0 unspecified atom stereocenters. The van der Waals surface area contributed by atoms with Crippen LogP contribution in [0.3, 0.4) is 0 Å². The van der Waals surface area contributed by atoms with E-state index in [0.29, 0.717) is 24.6 Å². The summed E-state index contributed by atoms with van der Waals surface area (Å²) in [5, 5.41) is 10.2. The molecule has 1 fully saturated rings. The van der Waals surface area contributed by atoms with Crippen molar-refractivity contribution in [1.82, 2.24) is 15.3 Å². The summed E-state index contributed by atoms with van der Waals surface area (Å²) in [5.74, 6) is 0.493. The van der Waals surface area contributed by atoms with Gasteiger partial charge in [-0.05, 0) is 64.3 Å². The van der Waals surface area contributed by atoms with E-state index in [1.807, 2.05) is 42.5 Å². The van der Waals surface area contributed by atoms with Gasteiger partial charge in [0.05, 0.1) is 18.5 Å². The van der Waals surface area contributed by atoms with Gasteiger partial charge in [-0.15, -0.1) is 0 Å². The first-order valence-electron chi connectivity index (χ1n) is 13.5. The molecule has 9 nitrogen and oxygen atoms in total. The van der Waals surface area contributed by atoms with Gasteiger partial charge in [-0.3, -0.25) is 4.79 Å². The van der Waals surface area contributed by atoms with Crippen molar-refractivity contribution in [3.05, 3.63) is 54.5 Å². The molecule has 0 bridgehead atoms. The molecule has 1 aromatic heterocycles. The fourth-order valence-corrected chi connectivity index (χ4v) is 5.91. The molecule has 1 saturated heterocycles. The minimum Gasteiger partial charge on any atom is -0.482 e. The van der Waals surface area contributed by atoms with Gasteiger partial charge in [0.25, 0.3) is 5.91 Å². The number of anilines is 4. The van der Waals surface area contributed by atoms with Crippen LogP contribution in [0.2, 0.25) is 0 Å². The lowest BCUT2D eigenvalue weighted by Gasteiger charge is -2.46. The smallest absolute Gasteiger partial charge is 0.265 e. The zero-order valence-electron chi connectivity index (χ0n) is 23.7. The van der Waals surface area contributed by atoms with Crippen LogP contribution in [0.25, 0.3) is 11.1 Å². The van der Waals surface area contributed by atoms with Crippen LogP contribution in [0.5, 0.6) is 5.75 Å². The van der Waals surface area contributed by atoms with E-state index in [-0.39, 0.29) is 41.4 Å². The second kappa shape index (κ2) is 11.0. The van der Waals surface area contributed by atoms with Gasteiger partial charge >= 0.3 is 0 Å². The van der Waals surface area contributed by atoms with Crippen molar-refractivity contribution >= 4 is 29.0 Å². The van der Waals surface area contributed by atoms with E-state index in [9.17, 15) is 9.18 Å². The molecule has 0 saturated carbocycles. The number of methoxy groups -OCH3 is 1. The third kappa shape index (κ3) is 6.18. The highest BCUT2D eigenvalue weighted by Gasteiger charge is 2.38. The predicted molar refractivity (Wildman–Crippen MR) is 155 cm³/mol. The molecule has 212 valence electrons. The largest absolute Gasteiger partial charge is 0.482 e. The van der Waals surface area contributed by atoms with E-state index in [1.54, 1.807) is 12.0 Å². The van der Waals surface area contributed by atoms with E-state index in [1.165, 1.54) is 6.20 Å². The van der Waals surface area contributed by atoms with Gasteiger partial charge in [0.1, 0.15) is 5.75 Å². The number of benzene rings is 2. The van der Waals surface area contributed by atoms with Crippen LogP contribution in [-0.4, -0.2) is 59.9 Å². The van der Waals surface area contributed by atoms with Crippen LogP contribution >= 0.6 is 0 Å². The minimum atomic E-state index is -0.493. The van der Waals surface area contributed by atoms with Crippen molar-refractivity contribution in [1.29, 1.82) is 0 Å². The number of carbonyl (C=O) groups excluding carboxylic acids is 1. The number of nitrogens with one attached hydrogen (secondary N) is 3. The number of para-hydroxylation sites is 1. The molecule has 0 aliphatic carbocycles. The van der Waals surface area contributed by atoms with E-state index in [0.717, 1.165) is 29.7 Å². The molecule has 40 heavy (non-hydrogen) atoms. The van der Waals surface area contributed by atoms with Crippen LogP contribution in [0, 0.1) is 5.82 Å². The first-order valence-corrected chi connectivity index (χ1v) is 13.5. The molecule has 0 radical (unpaired) electrons. The average molecular weight is 549 g/mol.